The third kappa shape index (κ3) is 3.24. The van der Waals surface area contributed by atoms with Gasteiger partial charge in [0.15, 0.2) is 0 Å². The number of aliphatic hydroxyl groups excluding tert-OH is 1. The van der Waals surface area contributed by atoms with Crippen molar-refractivity contribution in [3.05, 3.63) is 11.1 Å². The van der Waals surface area contributed by atoms with E-state index >= 15 is 0 Å². The van der Waals surface area contributed by atoms with Gasteiger partial charge in [-0.1, -0.05) is 37.8 Å². The van der Waals surface area contributed by atoms with Crippen LogP contribution in [0.1, 0.15) is 90.9 Å². The molecule has 0 spiro atoms. The second-order valence-electron chi connectivity index (χ2n) is 10.0. The van der Waals surface area contributed by atoms with E-state index in [0.717, 1.165) is 49.9 Å². The van der Waals surface area contributed by atoms with E-state index in [1.54, 1.807) is 11.1 Å². The number of carbonyl (C=O) groups is 1. The summed E-state index contributed by atoms with van der Waals surface area (Å²) in [6, 6.07) is 0. The lowest BCUT2D eigenvalue weighted by Crippen LogP contribution is -2.39. The van der Waals surface area contributed by atoms with Crippen molar-refractivity contribution < 1.29 is 9.90 Å². The Morgan fingerprint density at radius 3 is 2.80 bits per heavy atom. The van der Waals surface area contributed by atoms with Crippen LogP contribution in [0.2, 0.25) is 0 Å². The first-order valence-corrected chi connectivity index (χ1v) is 10.9. The molecule has 25 heavy (non-hydrogen) atoms. The smallest absolute Gasteiger partial charge is 0.133 e. The second kappa shape index (κ2) is 6.83. The van der Waals surface area contributed by atoms with Crippen LogP contribution in [-0.2, 0) is 4.79 Å². The van der Waals surface area contributed by atoms with Crippen LogP contribution >= 0.6 is 0 Å². The number of allylic oxidation sites excluding steroid dienone is 1. The zero-order valence-electron chi connectivity index (χ0n) is 16.2. The molecule has 0 aromatic rings. The molecule has 0 heterocycles. The fourth-order valence-electron chi connectivity index (χ4n) is 6.98. The molecule has 4 rings (SSSR count). The fourth-order valence-corrected chi connectivity index (χ4v) is 6.98. The van der Waals surface area contributed by atoms with Crippen molar-refractivity contribution in [2.45, 2.75) is 97.0 Å². The third-order valence-electron chi connectivity index (χ3n) is 8.07. The number of aliphatic hydroxyl groups is 1. The van der Waals surface area contributed by atoms with E-state index in [0.29, 0.717) is 17.1 Å². The van der Waals surface area contributed by atoms with Crippen molar-refractivity contribution >= 4 is 5.78 Å². The lowest BCUT2D eigenvalue weighted by atomic mass is 9.55. The van der Waals surface area contributed by atoms with Gasteiger partial charge in [-0.15, -0.1) is 0 Å². The highest BCUT2D eigenvalue weighted by atomic mass is 16.3. The number of ketones is 1. The van der Waals surface area contributed by atoms with Gasteiger partial charge in [0.2, 0.25) is 0 Å². The maximum absolute atomic E-state index is 11.9. The Labute approximate surface area is 153 Å². The second-order valence-corrected chi connectivity index (χ2v) is 10.0. The highest BCUT2D eigenvalue weighted by Gasteiger charge is 2.50. The molecular formula is C23H36O2. The monoisotopic (exact) mass is 344 g/mol. The average molecular weight is 345 g/mol. The van der Waals surface area contributed by atoms with Crippen molar-refractivity contribution in [1.82, 2.24) is 0 Å². The van der Waals surface area contributed by atoms with Gasteiger partial charge in [0, 0.05) is 12.8 Å². The van der Waals surface area contributed by atoms with Crippen molar-refractivity contribution in [2.24, 2.45) is 29.1 Å². The number of rotatable bonds is 4. The van der Waals surface area contributed by atoms with E-state index in [-0.39, 0.29) is 6.10 Å². The molecule has 5 atom stereocenters. The molecule has 0 saturated heterocycles. The van der Waals surface area contributed by atoms with Crippen LogP contribution in [0.5, 0.6) is 0 Å². The minimum atomic E-state index is -0.106. The SMILES string of the molecule is CC(C)CCCC12CCC3C(=C1C[C@@H](O)C2)CC[C@H]1CC(=O)CCC31. The van der Waals surface area contributed by atoms with Gasteiger partial charge in [-0.05, 0) is 80.5 Å². The van der Waals surface area contributed by atoms with Crippen LogP contribution in [0, 0.1) is 29.1 Å². The van der Waals surface area contributed by atoms with Crippen LogP contribution < -0.4 is 0 Å². The molecule has 0 amide bonds. The molecule has 4 aliphatic carbocycles. The molecule has 3 unspecified atom stereocenters. The predicted octanol–water partition coefficient (Wildman–Crippen LogP) is 5.44. The van der Waals surface area contributed by atoms with E-state index in [4.69, 9.17) is 0 Å². The van der Waals surface area contributed by atoms with E-state index in [9.17, 15) is 9.90 Å². The van der Waals surface area contributed by atoms with Crippen molar-refractivity contribution in [2.75, 3.05) is 0 Å². The van der Waals surface area contributed by atoms with Crippen LogP contribution in [0.4, 0.5) is 0 Å². The molecule has 140 valence electrons. The summed E-state index contributed by atoms with van der Waals surface area (Å²) in [5.74, 6) is 3.46. The largest absolute Gasteiger partial charge is 0.393 e. The van der Waals surface area contributed by atoms with E-state index < -0.39 is 0 Å². The van der Waals surface area contributed by atoms with E-state index in [1.165, 1.54) is 44.9 Å². The summed E-state index contributed by atoms with van der Waals surface area (Å²) in [4.78, 5) is 11.9. The van der Waals surface area contributed by atoms with Gasteiger partial charge in [0.25, 0.3) is 0 Å². The number of hydrogen-bond donors (Lipinski definition) is 1. The summed E-state index contributed by atoms with van der Waals surface area (Å²) < 4.78 is 0. The van der Waals surface area contributed by atoms with Gasteiger partial charge >= 0.3 is 0 Å². The van der Waals surface area contributed by atoms with Crippen LogP contribution in [-0.4, -0.2) is 17.0 Å². The summed E-state index contributed by atoms with van der Waals surface area (Å²) in [5.41, 5.74) is 3.77. The average Bonchev–Trinajstić information content (AvgIpc) is 2.90. The zero-order chi connectivity index (χ0) is 17.6. The van der Waals surface area contributed by atoms with E-state index in [1.807, 2.05) is 0 Å². The van der Waals surface area contributed by atoms with Crippen molar-refractivity contribution in [3.8, 4) is 0 Å². The summed E-state index contributed by atoms with van der Waals surface area (Å²) in [6.45, 7) is 4.65. The first-order chi connectivity index (χ1) is 12.0. The van der Waals surface area contributed by atoms with Crippen LogP contribution in [0.25, 0.3) is 0 Å². The molecular weight excluding hydrogens is 308 g/mol. The Bertz CT molecular complexity index is 560. The number of fused-ring (bicyclic) bond motifs is 4. The fraction of sp³-hybridized carbons (Fsp3) is 0.870. The quantitative estimate of drug-likeness (QED) is 0.690. The highest BCUT2D eigenvalue weighted by Crippen LogP contribution is 2.60. The maximum atomic E-state index is 11.9. The summed E-state index contributed by atoms with van der Waals surface area (Å²) in [5, 5.41) is 10.5. The standard InChI is InChI=1S/C23H36O2/c1-15(2)4-3-10-23-11-9-20-19-8-6-17(24)12-16(19)5-7-21(20)22(23)13-18(25)14-23/h15-16,18-20,25H,3-14H2,1-2H3/t16-,18+,19?,20?,23?/m0/s1. The number of carbonyl (C=O) groups excluding carboxylic acids is 1. The molecule has 2 heteroatoms. The summed E-state index contributed by atoms with van der Waals surface area (Å²) in [7, 11) is 0. The minimum absolute atomic E-state index is 0.106. The van der Waals surface area contributed by atoms with Crippen molar-refractivity contribution in [3.63, 3.8) is 0 Å². The van der Waals surface area contributed by atoms with Gasteiger partial charge < -0.3 is 5.11 Å². The van der Waals surface area contributed by atoms with Gasteiger partial charge in [0.05, 0.1) is 6.10 Å². The predicted molar refractivity (Wildman–Crippen MR) is 101 cm³/mol. The Balaban J connectivity index is 1.58. The zero-order valence-corrected chi connectivity index (χ0v) is 16.2. The summed E-state index contributed by atoms with van der Waals surface area (Å²) >= 11 is 0. The Hall–Kier alpha value is -0.630. The van der Waals surface area contributed by atoms with Crippen LogP contribution in [0.15, 0.2) is 11.1 Å². The molecule has 3 fully saturated rings. The Morgan fingerprint density at radius 1 is 1.16 bits per heavy atom. The third-order valence-corrected chi connectivity index (χ3v) is 8.07. The van der Waals surface area contributed by atoms with Crippen LogP contribution in [0.3, 0.4) is 0 Å². The van der Waals surface area contributed by atoms with E-state index in [2.05, 4.69) is 13.8 Å². The first-order valence-electron chi connectivity index (χ1n) is 10.9. The molecule has 0 aromatic carbocycles. The van der Waals surface area contributed by atoms with Gasteiger partial charge in [-0.25, -0.2) is 0 Å². The van der Waals surface area contributed by atoms with Gasteiger partial charge in [-0.3, -0.25) is 4.79 Å². The lowest BCUT2D eigenvalue weighted by Gasteiger charge is -2.49. The first kappa shape index (κ1) is 17.8. The Morgan fingerprint density at radius 2 is 2.00 bits per heavy atom. The molecule has 4 aliphatic rings. The molecule has 1 N–H and O–H groups in total. The maximum Gasteiger partial charge on any atom is 0.133 e. The molecule has 0 bridgehead atoms. The van der Waals surface area contributed by atoms with Crippen molar-refractivity contribution in [1.29, 1.82) is 0 Å². The topological polar surface area (TPSA) is 37.3 Å². The minimum Gasteiger partial charge on any atom is -0.393 e. The van der Waals surface area contributed by atoms with Gasteiger partial charge in [-0.2, -0.15) is 0 Å². The lowest BCUT2D eigenvalue weighted by molar-refractivity contribution is -0.123. The normalized spacial score (nSPS) is 40.9. The number of Topliss-reactive ketones (excluding diaryl/α,β-unsaturated/α-hetero) is 1. The molecule has 3 saturated carbocycles. The number of hydrogen-bond acceptors (Lipinski definition) is 2. The van der Waals surface area contributed by atoms with Gasteiger partial charge in [0.1, 0.15) is 5.78 Å². The highest BCUT2D eigenvalue weighted by molar-refractivity contribution is 5.79. The summed E-state index contributed by atoms with van der Waals surface area (Å²) in [6.07, 6.45) is 13.6. The Kier molecular flexibility index (Phi) is 4.86. The molecule has 0 radical (unpaired) electrons. The molecule has 0 aliphatic heterocycles. The molecule has 2 nitrogen and oxygen atoms in total. The molecule has 0 aromatic heterocycles.